The van der Waals surface area contributed by atoms with E-state index in [0.29, 0.717) is 12.5 Å². The van der Waals surface area contributed by atoms with E-state index in [1.54, 1.807) is 7.11 Å². The Labute approximate surface area is 124 Å². The van der Waals surface area contributed by atoms with Crippen LogP contribution in [0.5, 0.6) is 11.5 Å². The van der Waals surface area contributed by atoms with E-state index < -0.39 is 0 Å². The molecule has 1 atom stereocenters. The summed E-state index contributed by atoms with van der Waals surface area (Å²) in [5.41, 5.74) is 1.03. The summed E-state index contributed by atoms with van der Waals surface area (Å²) in [6, 6.07) is 5.89. The highest BCUT2D eigenvalue weighted by atomic mass is 16.5. The van der Waals surface area contributed by atoms with Crippen molar-refractivity contribution in [3.63, 3.8) is 0 Å². The van der Waals surface area contributed by atoms with Crippen molar-refractivity contribution in [3.05, 3.63) is 35.5 Å². The second-order valence-electron chi connectivity index (χ2n) is 6.39. The van der Waals surface area contributed by atoms with Crippen molar-refractivity contribution in [1.82, 2.24) is 10.1 Å². The maximum Gasteiger partial charge on any atom is 0.233 e. The first-order chi connectivity index (χ1) is 9.97. The highest BCUT2D eigenvalue weighted by Crippen LogP contribution is 2.34. The summed E-state index contributed by atoms with van der Waals surface area (Å²) in [6.45, 7) is 6.76. The van der Waals surface area contributed by atoms with Gasteiger partial charge in [-0.05, 0) is 18.1 Å². The minimum absolute atomic E-state index is 0.106. The predicted molar refractivity (Wildman–Crippen MR) is 77.9 cm³/mol. The average Bonchev–Trinajstić information content (AvgIpc) is 2.96. The van der Waals surface area contributed by atoms with Crippen molar-refractivity contribution >= 4 is 0 Å². The molecule has 1 aliphatic rings. The van der Waals surface area contributed by atoms with Gasteiger partial charge in [-0.2, -0.15) is 4.98 Å². The Morgan fingerprint density at radius 1 is 1.29 bits per heavy atom. The van der Waals surface area contributed by atoms with Gasteiger partial charge in [0, 0.05) is 11.5 Å². The van der Waals surface area contributed by atoms with Crippen molar-refractivity contribution in [2.45, 2.75) is 38.5 Å². The molecule has 0 aliphatic carbocycles. The standard InChI is InChI=1S/C16H20N2O3/c1-16(2,3)15-17-14(21-18-15)11-7-10-5-6-12(19-4)8-13(10)20-9-11/h5-6,8,11H,7,9H2,1-4H3. The van der Waals surface area contributed by atoms with Gasteiger partial charge in [-0.3, -0.25) is 0 Å². The Morgan fingerprint density at radius 2 is 2.10 bits per heavy atom. The zero-order valence-corrected chi connectivity index (χ0v) is 12.8. The van der Waals surface area contributed by atoms with Crippen molar-refractivity contribution in [1.29, 1.82) is 0 Å². The van der Waals surface area contributed by atoms with Crippen LogP contribution in [0.25, 0.3) is 0 Å². The molecule has 0 spiro atoms. The zero-order valence-electron chi connectivity index (χ0n) is 12.8. The second-order valence-corrected chi connectivity index (χ2v) is 6.39. The number of hydrogen-bond acceptors (Lipinski definition) is 5. The summed E-state index contributed by atoms with van der Waals surface area (Å²) in [6.07, 6.45) is 0.838. The molecule has 0 fully saturated rings. The maximum absolute atomic E-state index is 5.82. The molecular weight excluding hydrogens is 268 g/mol. The van der Waals surface area contributed by atoms with Gasteiger partial charge in [-0.15, -0.1) is 0 Å². The zero-order chi connectivity index (χ0) is 15.0. The molecule has 5 nitrogen and oxygen atoms in total. The van der Waals surface area contributed by atoms with E-state index in [0.717, 1.165) is 29.3 Å². The number of benzene rings is 1. The number of fused-ring (bicyclic) bond motifs is 1. The number of methoxy groups -OCH3 is 1. The van der Waals surface area contributed by atoms with Gasteiger partial charge in [0.05, 0.1) is 13.0 Å². The SMILES string of the molecule is COc1ccc2c(c1)OCC(c1nc(C(C)(C)C)no1)C2. The lowest BCUT2D eigenvalue weighted by molar-refractivity contribution is 0.229. The molecule has 1 aromatic carbocycles. The molecule has 5 heteroatoms. The molecule has 1 aliphatic heterocycles. The van der Waals surface area contributed by atoms with Crippen LogP contribution in [0.15, 0.2) is 22.7 Å². The molecule has 21 heavy (non-hydrogen) atoms. The van der Waals surface area contributed by atoms with E-state index >= 15 is 0 Å². The Kier molecular flexibility index (Phi) is 3.35. The van der Waals surface area contributed by atoms with Crippen molar-refractivity contribution in [3.8, 4) is 11.5 Å². The first kappa shape index (κ1) is 13.9. The van der Waals surface area contributed by atoms with Crippen LogP contribution in [-0.4, -0.2) is 23.9 Å². The first-order valence-electron chi connectivity index (χ1n) is 7.11. The Balaban J connectivity index is 1.81. The molecule has 3 rings (SSSR count). The summed E-state index contributed by atoms with van der Waals surface area (Å²) < 4.78 is 16.5. The normalized spacial score (nSPS) is 18.0. The van der Waals surface area contributed by atoms with Crippen molar-refractivity contribution < 1.29 is 14.0 Å². The fraction of sp³-hybridized carbons (Fsp3) is 0.500. The third kappa shape index (κ3) is 2.73. The topological polar surface area (TPSA) is 57.4 Å². The van der Waals surface area contributed by atoms with E-state index in [1.165, 1.54) is 0 Å². The van der Waals surface area contributed by atoms with Crippen LogP contribution >= 0.6 is 0 Å². The van der Waals surface area contributed by atoms with E-state index in [2.05, 4.69) is 30.9 Å². The van der Waals surface area contributed by atoms with Crippen LogP contribution in [0, 0.1) is 0 Å². The van der Waals surface area contributed by atoms with Crippen molar-refractivity contribution in [2.24, 2.45) is 0 Å². The summed E-state index contributed by atoms with van der Waals surface area (Å²) in [5.74, 6) is 3.18. The monoisotopic (exact) mass is 288 g/mol. The number of rotatable bonds is 2. The van der Waals surface area contributed by atoms with Gasteiger partial charge in [-0.1, -0.05) is 32.0 Å². The third-order valence-corrected chi connectivity index (χ3v) is 3.64. The van der Waals surface area contributed by atoms with Gasteiger partial charge in [0.1, 0.15) is 18.1 Å². The summed E-state index contributed by atoms with van der Waals surface area (Å²) in [5, 5.41) is 4.08. The maximum atomic E-state index is 5.82. The average molecular weight is 288 g/mol. The summed E-state index contributed by atoms with van der Waals surface area (Å²) in [4.78, 5) is 4.53. The number of nitrogens with zero attached hydrogens (tertiary/aromatic N) is 2. The lowest BCUT2D eigenvalue weighted by atomic mass is 9.95. The number of aromatic nitrogens is 2. The Morgan fingerprint density at radius 3 is 2.76 bits per heavy atom. The molecule has 112 valence electrons. The quantitative estimate of drug-likeness (QED) is 0.850. The first-order valence-corrected chi connectivity index (χ1v) is 7.11. The Bertz CT molecular complexity index is 643. The minimum atomic E-state index is -0.109. The molecule has 2 heterocycles. The van der Waals surface area contributed by atoms with E-state index in [-0.39, 0.29) is 11.3 Å². The van der Waals surface area contributed by atoms with Gasteiger partial charge in [0.25, 0.3) is 0 Å². The second kappa shape index (κ2) is 5.06. The molecule has 0 amide bonds. The van der Waals surface area contributed by atoms with Gasteiger partial charge in [0.2, 0.25) is 5.89 Å². The molecule has 1 unspecified atom stereocenters. The van der Waals surface area contributed by atoms with Gasteiger partial charge in [-0.25, -0.2) is 0 Å². The van der Waals surface area contributed by atoms with Gasteiger partial charge >= 0.3 is 0 Å². The molecule has 0 saturated heterocycles. The van der Waals surface area contributed by atoms with Crippen LogP contribution < -0.4 is 9.47 Å². The summed E-state index contributed by atoms with van der Waals surface area (Å²) in [7, 11) is 1.65. The fourth-order valence-electron chi connectivity index (χ4n) is 2.34. The number of ether oxygens (including phenoxy) is 2. The number of hydrogen-bond donors (Lipinski definition) is 0. The van der Waals surface area contributed by atoms with Gasteiger partial charge in [0.15, 0.2) is 5.82 Å². The lowest BCUT2D eigenvalue weighted by Gasteiger charge is -2.23. The molecule has 0 N–H and O–H groups in total. The van der Waals surface area contributed by atoms with Crippen molar-refractivity contribution in [2.75, 3.05) is 13.7 Å². The highest BCUT2D eigenvalue weighted by Gasteiger charge is 2.29. The fourth-order valence-corrected chi connectivity index (χ4v) is 2.34. The van der Waals surface area contributed by atoms with Crippen LogP contribution in [0.3, 0.4) is 0 Å². The highest BCUT2D eigenvalue weighted by molar-refractivity contribution is 5.42. The lowest BCUT2D eigenvalue weighted by Crippen LogP contribution is -2.20. The Hall–Kier alpha value is -2.04. The molecule has 1 aromatic heterocycles. The predicted octanol–water partition coefficient (Wildman–Crippen LogP) is 3.09. The largest absolute Gasteiger partial charge is 0.497 e. The van der Waals surface area contributed by atoms with E-state index in [4.69, 9.17) is 14.0 Å². The van der Waals surface area contributed by atoms with E-state index in [9.17, 15) is 0 Å². The van der Waals surface area contributed by atoms with Gasteiger partial charge < -0.3 is 14.0 Å². The van der Waals surface area contributed by atoms with Crippen LogP contribution in [0.4, 0.5) is 0 Å². The molecule has 0 radical (unpaired) electrons. The van der Waals surface area contributed by atoms with E-state index in [1.807, 2.05) is 18.2 Å². The van der Waals surface area contributed by atoms with Crippen LogP contribution in [0.2, 0.25) is 0 Å². The van der Waals surface area contributed by atoms with Crippen LogP contribution in [-0.2, 0) is 11.8 Å². The molecule has 0 saturated carbocycles. The molecular formula is C16H20N2O3. The molecule has 2 aromatic rings. The summed E-state index contributed by atoms with van der Waals surface area (Å²) >= 11 is 0. The molecule has 0 bridgehead atoms. The smallest absolute Gasteiger partial charge is 0.233 e. The minimum Gasteiger partial charge on any atom is -0.497 e. The third-order valence-electron chi connectivity index (χ3n) is 3.64. The van der Waals surface area contributed by atoms with Crippen LogP contribution in [0.1, 0.15) is 44.0 Å².